The number of para-hydroxylation sites is 1. The highest BCUT2D eigenvalue weighted by molar-refractivity contribution is 7.91. The quantitative estimate of drug-likeness (QED) is 0.464. The summed E-state index contributed by atoms with van der Waals surface area (Å²) in [6, 6.07) is 9.87. The van der Waals surface area contributed by atoms with Gasteiger partial charge in [0.1, 0.15) is 0 Å². The minimum absolute atomic E-state index is 0.00481. The molecule has 0 spiro atoms. The summed E-state index contributed by atoms with van der Waals surface area (Å²) in [5, 5.41) is 0.226. The van der Waals surface area contributed by atoms with Gasteiger partial charge in [0.15, 0.2) is 16.4 Å². The summed E-state index contributed by atoms with van der Waals surface area (Å²) >= 11 is 6.13. The van der Waals surface area contributed by atoms with Crippen LogP contribution in [-0.2, 0) is 19.4 Å². The maximum atomic E-state index is 12.9. The maximum Gasteiger partial charge on any atom is 0.338 e. The van der Waals surface area contributed by atoms with E-state index in [0.29, 0.717) is 6.42 Å². The molecule has 11 heteroatoms. The van der Waals surface area contributed by atoms with Crippen LogP contribution in [0.1, 0.15) is 37.5 Å². The van der Waals surface area contributed by atoms with Crippen LogP contribution in [0.25, 0.3) is 0 Å². The molecule has 172 valence electrons. The van der Waals surface area contributed by atoms with Crippen molar-refractivity contribution in [2.45, 2.75) is 12.5 Å². The molecule has 1 unspecified atom stereocenters. The standard InChI is InChI=1S/C22H19ClN2O7S/c1-24(14-8-9-33(30,31)12-14)19(26)11-32-22(29)13-6-7-15-16(10-13)21(28)25(20(15)27)18-5-3-2-4-17(18)23/h2-7,10,14H,8-9,11-12H2,1H3. The topological polar surface area (TPSA) is 118 Å². The Morgan fingerprint density at radius 2 is 1.82 bits per heavy atom. The molecule has 0 bridgehead atoms. The summed E-state index contributed by atoms with van der Waals surface area (Å²) in [6.45, 7) is -0.582. The van der Waals surface area contributed by atoms with Crippen LogP contribution < -0.4 is 4.90 Å². The first kappa shape index (κ1) is 22.9. The number of hydrogen-bond donors (Lipinski definition) is 0. The van der Waals surface area contributed by atoms with Crippen molar-refractivity contribution in [3.63, 3.8) is 0 Å². The lowest BCUT2D eigenvalue weighted by molar-refractivity contribution is -0.134. The van der Waals surface area contributed by atoms with E-state index in [0.717, 1.165) is 4.90 Å². The third-order valence-corrected chi connectivity index (χ3v) is 7.76. The van der Waals surface area contributed by atoms with E-state index >= 15 is 0 Å². The molecule has 2 aliphatic rings. The normalized spacial score (nSPS) is 18.8. The van der Waals surface area contributed by atoms with Gasteiger partial charge in [0.05, 0.1) is 38.9 Å². The van der Waals surface area contributed by atoms with Crippen LogP contribution >= 0.6 is 11.6 Å². The van der Waals surface area contributed by atoms with Crippen LogP contribution in [0.15, 0.2) is 42.5 Å². The zero-order chi connectivity index (χ0) is 23.9. The molecular weight excluding hydrogens is 472 g/mol. The molecule has 0 aliphatic carbocycles. The van der Waals surface area contributed by atoms with E-state index in [1.807, 2.05) is 0 Å². The molecule has 0 saturated carbocycles. The van der Waals surface area contributed by atoms with Gasteiger partial charge in [-0.3, -0.25) is 14.4 Å². The van der Waals surface area contributed by atoms with Gasteiger partial charge >= 0.3 is 5.97 Å². The number of benzene rings is 2. The van der Waals surface area contributed by atoms with Gasteiger partial charge in [-0.05, 0) is 36.8 Å². The minimum Gasteiger partial charge on any atom is -0.452 e. The molecule has 2 heterocycles. The third kappa shape index (κ3) is 4.36. The predicted molar refractivity (Wildman–Crippen MR) is 119 cm³/mol. The lowest BCUT2D eigenvalue weighted by atomic mass is 10.1. The molecule has 2 aliphatic heterocycles. The van der Waals surface area contributed by atoms with E-state index in [1.54, 1.807) is 18.2 Å². The number of sulfone groups is 1. The van der Waals surface area contributed by atoms with Gasteiger partial charge in [0.25, 0.3) is 17.7 Å². The van der Waals surface area contributed by atoms with Gasteiger partial charge in [0.2, 0.25) is 0 Å². The highest BCUT2D eigenvalue weighted by Crippen LogP contribution is 2.33. The van der Waals surface area contributed by atoms with Crippen molar-refractivity contribution in [1.82, 2.24) is 4.90 Å². The number of rotatable bonds is 5. The Hall–Kier alpha value is -3.24. The van der Waals surface area contributed by atoms with Crippen LogP contribution in [0.2, 0.25) is 5.02 Å². The van der Waals surface area contributed by atoms with Crippen molar-refractivity contribution in [2.24, 2.45) is 0 Å². The Bertz CT molecular complexity index is 1290. The largest absolute Gasteiger partial charge is 0.452 e. The van der Waals surface area contributed by atoms with Gasteiger partial charge < -0.3 is 9.64 Å². The number of nitrogens with zero attached hydrogens (tertiary/aromatic N) is 2. The average molecular weight is 491 g/mol. The van der Waals surface area contributed by atoms with Crippen LogP contribution in [0, 0.1) is 0 Å². The SMILES string of the molecule is CN(C(=O)COC(=O)c1ccc2c(c1)C(=O)N(c1ccccc1Cl)C2=O)C1CCS(=O)(=O)C1. The predicted octanol–water partition coefficient (Wildman–Crippen LogP) is 1.94. The first-order chi connectivity index (χ1) is 15.6. The van der Waals surface area contributed by atoms with E-state index in [9.17, 15) is 27.6 Å². The molecule has 1 saturated heterocycles. The van der Waals surface area contributed by atoms with Gasteiger partial charge in [-0.15, -0.1) is 0 Å². The van der Waals surface area contributed by atoms with Gasteiger partial charge in [-0.25, -0.2) is 18.1 Å². The second-order valence-corrected chi connectivity index (χ2v) is 10.4. The Balaban J connectivity index is 1.45. The van der Waals surface area contributed by atoms with Crippen molar-refractivity contribution < 1.29 is 32.3 Å². The fraction of sp³-hybridized carbons (Fsp3) is 0.273. The fourth-order valence-electron chi connectivity index (χ4n) is 3.82. The number of anilines is 1. The Labute approximate surface area is 194 Å². The van der Waals surface area contributed by atoms with Crippen molar-refractivity contribution in [1.29, 1.82) is 0 Å². The van der Waals surface area contributed by atoms with Gasteiger partial charge in [-0.2, -0.15) is 0 Å². The van der Waals surface area contributed by atoms with Crippen molar-refractivity contribution in [3.05, 3.63) is 64.2 Å². The summed E-state index contributed by atoms with van der Waals surface area (Å²) in [4.78, 5) is 52.6. The second-order valence-electron chi connectivity index (χ2n) is 7.80. The van der Waals surface area contributed by atoms with Crippen LogP contribution in [0.5, 0.6) is 0 Å². The molecule has 1 fully saturated rings. The van der Waals surface area contributed by atoms with E-state index in [-0.39, 0.29) is 38.9 Å². The fourth-order valence-corrected chi connectivity index (χ4v) is 5.81. The van der Waals surface area contributed by atoms with Gasteiger partial charge in [-0.1, -0.05) is 23.7 Å². The lowest BCUT2D eigenvalue weighted by Gasteiger charge is -2.23. The molecule has 0 N–H and O–H groups in total. The maximum absolute atomic E-state index is 12.9. The number of amides is 3. The molecule has 4 rings (SSSR count). The minimum atomic E-state index is -3.16. The average Bonchev–Trinajstić information content (AvgIpc) is 3.27. The van der Waals surface area contributed by atoms with Gasteiger partial charge in [0, 0.05) is 13.1 Å². The first-order valence-corrected chi connectivity index (χ1v) is 12.2. The number of fused-ring (bicyclic) bond motifs is 1. The van der Waals surface area contributed by atoms with E-state index in [2.05, 4.69) is 0 Å². The molecule has 2 aromatic rings. The molecule has 33 heavy (non-hydrogen) atoms. The monoisotopic (exact) mass is 490 g/mol. The number of ether oxygens (including phenoxy) is 1. The summed E-state index contributed by atoms with van der Waals surface area (Å²) in [7, 11) is -1.70. The van der Waals surface area contributed by atoms with Crippen LogP contribution in [0.3, 0.4) is 0 Å². The second kappa shape index (κ2) is 8.60. The van der Waals surface area contributed by atoms with Crippen LogP contribution in [-0.4, -0.2) is 68.2 Å². The molecule has 0 radical (unpaired) electrons. The summed E-state index contributed by atoms with van der Waals surface area (Å²) in [5.74, 6) is -2.69. The number of esters is 1. The van der Waals surface area contributed by atoms with E-state index in [4.69, 9.17) is 16.3 Å². The summed E-state index contributed by atoms with van der Waals surface area (Å²) in [6.07, 6.45) is 0.335. The lowest BCUT2D eigenvalue weighted by Crippen LogP contribution is -2.40. The number of imide groups is 1. The summed E-state index contributed by atoms with van der Waals surface area (Å²) < 4.78 is 28.3. The molecule has 0 aromatic heterocycles. The molecule has 2 aromatic carbocycles. The van der Waals surface area contributed by atoms with Crippen molar-refractivity contribution >= 4 is 50.8 Å². The molecule has 9 nitrogen and oxygen atoms in total. The number of hydrogen-bond acceptors (Lipinski definition) is 7. The third-order valence-electron chi connectivity index (χ3n) is 5.69. The number of halogens is 1. The Kier molecular flexibility index (Phi) is 5.98. The van der Waals surface area contributed by atoms with Crippen molar-refractivity contribution in [2.75, 3.05) is 30.1 Å². The summed E-state index contributed by atoms with van der Waals surface area (Å²) in [5.41, 5.74) is 0.371. The highest BCUT2D eigenvalue weighted by atomic mass is 35.5. The Morgan fingerprint density at radius 1 is 1.12 bits per heavy atom. The van der Waals surface area contributed by atoms with E-state index < -0.39 is 46.2 Å². The first-order valence-electron chi connectivity index (χ1n) is 9.99. The molecule has 1 atom stereocenters. The molecular formula is C22H19ClN2O7S. The zero-order valence-electron chi connectivity index (χ0n) is 17.5. The molecule has 3 amide bonds. The highest BCUT2D eigenvalue weighted by Gasteiger charge is 2.38. The van der Waals surface area contributed by atoms with E-state index in [1.165, 1.54) is 36.2 Å². The zero-order valence-corrected chi connectivity index (χ0v) is 19.1. The number of likely N-dealkylation sites (N-methyl/N-ethyl adjacent to an activating group) is 1. The number of carbonyl (C=O) groups is 4. The smallest absolute Gasteiger partial charge is 0.338 e. The van der Waals surface area contributed by atoms with Crippen LogP contribution in [0.4, 0.5) is 5.69 Å². The van der Waals surface area contributed by atoms with Crippen molar-refractivity contribution in [3.8, 4) is 0 Å². The Morgan fingerprint density at radius 3 is 2.48 bits per heavy atom. The number of carbonyl (C=O) groups excluding carboxylic acids is 4.